The molecule has 1 amide bonds. The van der Waals surface area contributed by atoms with Crippen molar-refractivity contribution in [2.75, 3.05) is 11.9 Å². The van der Waals surface area contributed by atoms with Gasteiger partial charge in [-0.2, -0.15) is 5.10 Å². The molecule has 122 valence electrons. The van der Waals surface area contributed by atoms with Crippen molar-refractivity contribution in [3.8, 4) is 11.5 Å². The van der Waals surface area contributed by atoms with E-state index >= 15 is 0 Å². The minimum absolute atomic E-state index is 0.0315. The Morgan fingerprint density at radius 3 is 2.96 bits per heavy atom. The van der Waals surface area contributed by atoms with Crippen LogP contribution in [-0.2, 0) is 4.79 Å². The number of rotatable bonds is 4. The fraction of sp³-hybridized carbons (Fsp3) is 0.412. The molecule has 0 radical (unpaired) electrons. The van der Waals surface area contributed by atoms with Crippen LogP contribution in [0.5, 0.6) is 11.5 Å². The van der Waals surface area contributed by atoms with Crippen molar-refractivity contribution in [1.29, 1.82) is 0 Å². The molecule has 1 aromatic heterocycles. The molecule has 2 aromatic rings. The molecule has 2 heterocycles. The molecular weight excluding hydrogens is 294 g/mol. The summed E-state index contributed by atoms with van der Waals surface area (Å²) in [5.41, 5.74) is 1.93. The van der Waals surface area contributed by atoms with Crippen molar-refractivity contribution in [2.24, 2.45) is 0 Å². The summed E-state index contributed by atoms with van der Waals surface area (Å²) in [6.45, 7) is 6.39. The number of phenolic OH excluding ortho intramolecular Hbond substituents is 1. The van der Waals surface area contributed by atoms with Gasteiger partial charge in [-0.3, -0.25) is 4.79 Å². The first-order valence-electron chi connectivity index (χ1n) is 7.84. The molecule has 0 saturated heterocycles. The van der Waals surface area contributed by atoms with Crippen LogP contribution in [0.25, 0.3) is 0 Å². The Kier molecular flexibility index (Phi) is 3.98. The van der Waals surface area contributed by atoms with Crippen LogP contribution in [0, 0.1) is 0 Å². The number of carbonyl (C=O) groups is 1. The maximum atomic E-state index is 12.1. The van der Waals surface area contributed by atoms with Gasteiger partial charge in [0.05, 0.1) is 12.8 Å². The number of benzene rings is 1. The minimum Gasteiger partial charge on any atom is -0.504 e. The summed E-state index contributed by atoms with van der Waals surface area (Å²) < 4.78 is 7.28. The zero-order valence-electron chi connectivity index (χ0n) is 13.5. The zero-order valence-corrected chi connectivity index (χ0v) is 13.5. The molecule has 1 aliphatic rings. The zero-order chi connectivity index (χ0) is 16.6. The van der Waals surface area contributed by atoms with E-state index in [1.807, 2.05) is 37.7 Å². The molecule has 2 N–H and O–H groups in total. The number of fused-ring (bicyclic) bond motifs is 1. The number of amides is 1. The number of nitrogens with zero attached hydrogens (tertiary/aromatic N) is 2. The van der Waals surface area contributed by atoms with Crippen molar-refractivity contribution in [3.05, 3.63) is 35.5 Å². The molecule has 3 rings (SSSR count). The molecule has 0 aliphatic carbocycles. The van der Waals surface area contributed by atoms with Gasteiger partial charge >= 0.3 is 0 Å². The Balaban J connectivity index is 2.05. The van der Waals surface area contributed by atoms with Gasteiger partial charge in [0.2, 0.25) is 5.91 Å². The number of carbonyl (C=O) groups excluding carboxylic acids is 1. The molecule has 0 fully saturated rings. The maximum Gasteiger partial charge on any atom is 0.226 e. The van der Waals surface area contributed by atoms with E-state index in [2.05, 4.69) is 10.4 Å². The molecule has 1 atom stereocenters. The van der Waals surface area contributed by atoms with Crippen LogP contribution in [0.1, 0.15) is 50.3 Å². The van der Waals surface area contributed by atoms with Gasteiger partial charge in [0.15, 0.2) is 11.5 Å². The third-order valence-electron chi connectivity index (χ3n) is 4.02. The van der Waals surface area contributed by atoms with Gasteiger partial charge < -0.3 is 15.2 Å². The maximum absolute atomic E-state index is 12.1. The number of hydrogen-bond acceptors (Lipinski definition) is 4. The third-order valence-corrected chi connectivity index (χ3v) is 4.02. The van der Waals surface area contributed by atoms with Gasteiger partial charge in [-0.25, -0.2) is 4.68 Å². The summed E-state index contributed by atoms with van der Waals surface area (Å²) in [6.07, 6.45) is 2.17. The number of aromatic nitrogens is 2. The number of hydrogen-bond donors (Lipinski definition) is 2. The van der Waals surface area contributed by atoms with Crippen LogP contribution in [-0.4, -0.2) is 27.4 Å². The highest BCUT2D eigenvalue weighted by atomic mass is 16.5. The molecule has 0 unspecified atom stereocenters. The number of ether oxygens (including phenoxy) is 1. The average Bonchev–Trinajstić information content (AvgIpc) is 2.92. The monoisotopic (exact) mass is 315 g/mol. The molecule has 1 aromatic carbocycles. The number of aromatic hydroxyl groups is 1. The Bertz CT molecular complexity index is 737. The lowest BCUT2D eigenvalue weighted by molar-refractivity contribution is -0.116. The highest BCUT2D eigenvalue weighted by Crippen LogP contribution is 2.40. The van der Waals surface area contributed by atoms with Crippen LogP contribution < -0.4 is 10.1 Å². The van der Waals surface area contributed by atoms with Crippen LogP contribution in [0.2, 0.25) is 0 Å². The molecule has 0 saturated carbocycles. The predicted octanol–water partition coefficient (Wildman–Crippen LogP) is 3.04. The normalized spacial score (nSPS) is 17.0. The molecule has 0 spiro atoms. The van der Waals surface area contributed by atoms with E-state index in [0.717, 1.165) is 16.9 Å². The first kappa shape index (κ1) is 15.4. The first-order chi connectivity index (χ1) is 11.0. The summed E-state index contributed by atoms with van der Waals surface area (Å²) in [5.74, 6) is 1.18. The summed E-state index contributed by atoms with van der Waals surface area (Å²) in [6, 6.07) is 5.41. The lowest BCUT2D eigenvalue weighted by atomic mass is 9.87. The van der Waals surface area contributed by atoms with E-state index in [1.165, 1.54) is 0 Å². The highest BCUT2D eigenvalue weighted by Gasteiger charge is 2.30. The van der Waals surface area contributed by atoms with Crippen LogP contribution in [0.3, 0.4) is 0 Å². The summed E-state index contributed by atoms with van der Waals surface area (Å²) >= 11 is 0. The molecule has 0 bridgehead atoms. The molecule has 6 nitrogen and oxygen atoms in total. The van der Waals surface area contributed by atoms with E-state index in [0.29, 0.717) is 18.8 Å². The van der Waals surface area contributed by atoms with Gasteiger partial charge in [0.25, 0.3) is 0 Å². The van der Waals surface area contributed by atoms with Crippen molar-refractivity contribution in [2.45, 2.75) is 39.2 Å². The Labute approximate surface area is 135 Å². The van der Waals surface area contributed by atoms with E-state index in [1.54, 1.807) is 12.1 Å². The lowest BCUT2D eigenvalue weighted by Crippen LogP contribution is -2.25. The Morgan fingerprint density at radius 1 is 1.48 bits per heavy atom. The van der Waals surface area contributed by atoms with Gasteiger partial charge in [-0.05, 0) is 38.5 Å². The fourth-order valence-corrected chi connectivity index (χ4v) is 2.95. The Morgan fingerprint density at radius 2 is 2.26 bits per heavy atom. The second-order valence-corrected chi connectivity index (χ2v) is 5.95. The molecule has 6 heteroatoms. The SMILES string of the molecule is CCOc1cc([C@@H]2CC(=O)Nc3c2cnn3C(C)C)ccc1O. The highest BCUT2D eigenvalue weighted by molar-refractivity contribution is 5.94. The first-order valence-corrected chi connectivity index (χ1v) is 7.84. The molecule has 23 heavy (non-hydrogen) atoms. The van der Waals surface area contributed by atoms with Gasteiger partial charge in [-0.1, -0.05) is 6.07 Å². The van der Waals surface area contributed by atoms with Gasteiger partial charge in [0, 0.05) is 23.9 Å². The van der Waals surface area contributed by atoms with Crippen LogP contribution >= 0.6 is 0 Å². The van der Waals surface area contributed by atoms with E-state index < -0.39 is 0 Å². The van der Waals surface area contributed by atoms with E-state index in [4.69, 9.17) is 4.74 Å². The fourth-order valence-electron chi connectivity index (χ4n) is 2.95. The minimum atomic E-state index is -0.0916. The van der Waals surface area contributed by atoms with E-state index in [-0.39, 0.29) is 23.6 Å². The number of phenols is 1. The molecule has 1 aliphatic heterocycles. The third kappa shape index (κ3) is 2.76. The second-order valence-electron chi connectivity index (χ2n) is 5.95. The van der Waals surface area contributed by atoms with Gasteiger partial charge in [0.1, 0.15) is 5.82 Å². The predicted molar refractivity (Wildman–Crippen MR) is 87.0 cm³/mol. The Hall–Kier alpha value is -2.50. The topological polar surface area (TPSA) is 76.4 Å². The van der Waals surface area contributed by atoms with E-state index in [9.17, 15) is 9.90 Å². The van der Waals surface area contributed by atoms with Crippen molar-refractivity contribution < 1.29 is 14.6 Å². The van der Waals surface area contributed by atoms with Crippen molar-refractivity contribution >= 4 is 11.7 Å². The van der Waals surface area contributed by atoms with Crippen molar-refractivity contribution in [1.82, 2.24) is 9.78 Å². The largest absolute Gasteiger partial charge is 0.504 e. The lowest BCUT2D eigenvalue weighted by Gasteiger charge is -2.25. The second kappa shape index (κ2) is 5.95. The summed E-state index contributed by atoms with van der Waals surface area (Å²) in [4.78, 5) is 12.1. The van der Waals surface area contributed by atoms with Gasteiger partial charge in [-0.15, -0.1) is 0 Å². The number of nitrogens with one attached hydrogen (secondary N) is 1. The van der Waals surface area contributed by atoms with Crippen molar-refractivity contribution in [3.63, 3.8) is 0 Å². The standard InChI is InChI=1S/C17H21N3O3/c1-4-23-15-7-11(5-6-14(15)21)12-8-16(22)19-17-13(12)9-18-20(17)10(2)3/h5-7,9-10,12,21H,4,8H2,1-3H3,(H,19,22)/t12-/m0/s1. The number of anilines is 1. The summed E-state index contributed by atoms with van der Waals surface area (Å²) in [5, 5.41) is 17.2. The smallest absolute Gasteiger partial charge is 0.226 e. The van der Waals surface area contributed by atoms with Crippen LogP contribution in [0.15, 0.2) is 24.4 Å². The quantitative estimate of drug-likeness (QED) is 0.909. The average molecular weight is 315 g/mol. The summed E-state index contributed by atoms with van der Waals surface area (Å²) in [7, 11) is 0. The van der Waals surface area contributed by atoms with Crippen LogP contribution in [0.4, 0.5) is 5.82 Å². The molecular formula is C17H21N3O3.